The lowest BCUT2D eigenvalue weighted by Crippen LogP contribution is -1.92. The molecular weight excluding hydrogens is 180 g/mol. The van der Waals surface area contributed by atoms with Crippen molar-refractivity contribution in [3.63, 3.8) is 0 Å². The molecule has 0 aromatic heterocycles. The van der Waals surface area contributed by atoms with E-state index < -0.39 is 0 Å². The molecule has 2 heteroatoms. The van der Waals surface area contributed by atoms with Gasteiger partial charge in [0.1, 0.15) is 0 Å². The summed E-state index contributed by atoms with van der Waals surface area (Å²) in [5, 5.41) is 0. The van der Waals surface area contributed by atoms with Crippen molar-refractivity contribution in [3.8, 4) is 0 Å². The largest absolute Gasteiger partial charge is 0.372 e. The first-order valence-electron chi connectivity index (χ1n) is 5.48. The van der Waals surface area contributed by atoms with E-state index in [1.807, 2.05) is 0 Å². The normalized spacial score (nSPS) is 21.0. The first kappa shape index (κ1) is 11.4. The van der Waals surface area contributed by atoms with E-state index in [9.17, 15) is 0 Å². The summed E-state index contributed by atoms with van der Waals surface area (Å²) in [5.74, 6) is 3.44. The molecule has 1 heterocycles. The van der Waals surface area contributed by atoms with Gasteiger partial charge in [-0.3, -0.25) is 0 Å². The SMILES string of the molecule is CC(C)CCCCCSCC1CO1. The molecule has 0 amide bonds. The fourth-order valence-electron chi connectivity index (χ4n) is 1.31. The Balaban J connectivity index is 1.68. The Morgan fingerprint density at radius 3 is 2.69 bits per heavy atom. The second kappa shape index (κ2) is 6.72. The van der Waals surface area contributed by atoms with Gasteiger partial charge in [-0.2, -0.15) is 11.8 Å². The minimum absolute atomic E-state index is 0.612. The van der Waals surface area contributed by atoms with E-state index in [-0.39, 0.29) is 0 Å². The van der Waals surface area contributed by atoms with Gasteiger partial charge in [0.05, 0.1) is 12.7 Å². The van der Waals surface area contributed by atoms with Gasteiger partial charge in [0.15, 0.2) is 0 Å². The predicted molar refractivity (Wildman–Crippen MR) is 60.4 cm³/mol. The molecular formula is C11H22OS. The van der Waals surface area contributed by atoms with E-state index in [0.717, 1.165) is 12.5 Å². The van der Waals surface area contributed by atoms with Gasteiger partial charge in [-0.25, -0.2) is 0 Å². The molecule has 0 aromatic carbocycles. The first-order chi connectivity index (χ1) is 6.29. The van der Waals surface area contributed by atoms with Crippen LogP contribution in [0, 0.1) is 5.92 Å². The Kier molecular flexibility index (Phi) is 5.88. The van der Waals surface area contributed by atoms with Crippen LogP contribution in [0.5, 0.6) is 0 Å². The molecule has 1 rings (SSSR count). The lowest BCUT2D eigenvalue weighted by molar-refractivity contribution is 0.426. The van der Waals surface area contributed by atoms with E-state index in [1.54, 1.807) is 0 Å². The van der Waals surface area contributed by atoms with Crippen LogP contribution in [-0.2, 0) is 4.74 Å². The molecule has 1 saturated heterocycles. The molecule has 1 unspecified atom stereocenters. The summed E-state index contributed by atoms with van der Waals surface area (Å²) in [6.07, 6.45) is 6.23. The first-order valence-corrected chi connectivity index (χ1v) is 6.64. The second-order valence-electron chi connectivity index (χ2n) is 4.27. The van der Waals surface area contributed by atoms with E-state index in [4.69, 9.17) is 4.74 Å². The van der Waals surface area contributed by atoms with Crippen molar-refractivity contribution in [2.24, 2.45) is 5.92 Å². The van der Waals surface area contributed by atoms with Crippen LogP contribution in [0.2, 0.25) is 0 Å². The zero-order valence-corrected chi connectivity index (χ0v) is 9.74. The number of unbranched alkanes of at least 4 members (excludes halogenated alkanes) is 2. The molecule has 78 valence electrons. The maximum atomic E-state index is 5.15. The van der Waals surface area contributed by atoms with Crippen molar-refractivity contribution >= 4 is 11.8 Å². The van der Waals surface area contributed by atoms with Gasteiger partial charge in [0, 0.05) is 5.75 Å². The second-order valence-corrected chi connectivity index (χ2v) is 5.42. The third-order valence-electron chi connectivity index (χ3n) is 2.28. The Morgan fingerprint density at radius 1 is 1.31 bits per heavy atom. The molecule has 0 aromatic rings. The summed E-state index contributed by atoms with van der Waals surface area (Å²) in [5.41, 5.74) is 0. The minimum Gasteiger partial charge on any atom is -0.372 e. The highest BCUT2D eigenvalue weighted by atomic mass is 32.2. The molecule has 1 atom stereocenters. The van der Waals surface area contributed by atoms with Gasteiger partial charge in [0.2, 0.25) is 0 Å². The zero-order chi connectivity index (χ0) is 9.52. The number of epoxide rings is 1. The van der Waals surface area contributed by atoms with Crippen molar-refractivity contribution < 1.29 is 4.74 Å². The van der Waals surface area contributed by atoms with Crippen LogP contribution in [0.1, 0.15) is 39.5 Å². The molecule has 0 N–H and O–H groups in total. The maximum absolute atomic E-state index is 5.15. The van der Waals surface area contributed by atoms with Gasteiger partial charge >= 0.3 is 0 Å². The number of hydrogen-bond donors (Lipinski definition) is 0. The summed E-state index contributed by atoms with van der Waals surface area (Å²) in [4.78, 5) is 0. The third kappa shape index (κ3) is 7.39. The highest BCUT2D eigenvalue weighted by Crippen LogP contribution is 2.17. The standard InChI is InChI=1S/C11H22OS/c1-10(2)6-4-3-5-7-13-9-11-8-12-11/h10-11H,3-9H2,1-2H3. The van der Waals surface area contributed by atoms with Crippen molar-refractivity contribution in [1.29, 1.82) is 0 Å². The van der Waals surface area contributed by atoms with Gasteiger partial charge in [-0.1, -0.05) is 33.1 Å². The van der Waals surface area contributed by atoms with Crippen molar-refractivity contribution in [3.05, 3.63) is 0 Å². The van der Waals surface area contributed by atoms with Crippen LogP contribution in [0.3, 0.4) is 0 Å². The van der Waals surface area contributed by atoms with Gasteiger partial charge in [0.25, 0.3) is 0 Å². The van der Waals surface area contributed by atoms with E-state index in [1.165, 1.54) is 37.2 Å². The van der Waals surface area contributed by atoms with E-state index >= 15 is 0 Å². The van der Waals surface area contributed by atoms with Crippen LogP contribution < -0.4 is 0 Å². The van der Waals surface area contributed by atoms with Gasteiger partial charge in [-0.05, 0) is 18.1 Å². The zero-order valence-electron chi connectivity index (χ0n) is 8.92. The maximum Gasteiger partial charge on any atom is 0.0900 e. The van der Waals surface area contributed by atoms with E-state index in [2.05, 4.69) is 25.6 Å². The summed E-state index contributed by atoms with van der Waals surface area (Å²) in [6.45, 7) is 5.62. The van der Waals surface area contributed by atoms with Crippen molar-refractivity contribution in [2.45, 2.75) is 45.6 Å². The molecule has 1 fully saturated rings. The highest BCUT2D eigenvalue weighted by Gasteiger charge is 2.21. The van der Waals surface area contributed by atoms with E-state index in [0.29, 0.717) is 6.10 Å². The topological polar surface area (TPSA) is 12.5 Å². The molecule has 1 aliphatic rings. The predicted octanol–water partition coefficient (Wildman–Crippen LogP) is 3.33. The summed E-state index contributed by atoms with van der Waals surface area (Å²) in [6, 6.07) is 0. The molecule has 1 aliphatic heterocycles. The molecule has 0 bridgehead atoms. The highest BCUT2D eigenvalue weighted by molar-refractivity contribution is 7.99. The van der Waals surface area contributed by atoms with Crippen LogP contribution in [0.25, 0.3) is 0 Å². The number of thioether (sulfide) groups is 1. The minimum atomic E-state index is 0.612. The average molecular weight is 202 g/mol. The summed E-state index contributed by atoms with van der Waals surface area (Å²) < 4.78 is 5.15. The number of ether oxygens (including phenoxy) is 1. The number of rotatable bonds is 8. The smallest absolute Gasteiger partial charge is 0.0900 e. The monoisotopic (exact) mass is 202 g/mol. The Hall–Kier alpha value is 0.310. The van der Waals surface area contributed by atoms with Crippen molar-refractivity contribution in [2.75, 3.05) is 18.1 Å². The van der Waals surface area contributed by atoms with Crippen molar-refractivity contribution in [1.82, 2.24) is 0 Å². The summed E-state index contributed by atoms with van der Waals surface area (Å²) in [7, 11) is 0. The summed E-state index contributed by atoms with van der Waals surface area (Å²) >= 11 is 2.06. The molecule has 0 radical (unpaired) electrons. The average Bonchev–Trinajstić information content (AvgIpc) is 2.86. The quantitative estimate of drug-likeness (QED) is 0.442. The lowest BCUT2D eigenvalue weighted by atomic mass is 10.1. The lowest BCUT2D eigenvalue weighted by Gasteiger charge is -2.03. The van der Waals surface area contributed by atoms with Gasteiger partial charge in [-0.15, -0.1) is 0 Å². The third-order valence-corrected chi connectivity index (χ3v) is 3.46. The van der Waals surface area contributed by atoms with Crippen LogP contribution in [-0.4, -0.2) is 24.2 Å². The Morgan fingerprint density at radius 2 is 2.08 bits per heavy atom. The van der Waals surface area contributed by atoms with Crippen LogP contribution in [0.15, 0.2) is 0 Å². The fraction of sp³-hybridized carbons (Fsp3) is 1.00. The molecule has 0 saturated carbocycles. The Bertz CT molecular complexity index is 115. The van der Waals surface area contributed by atoms with Crippen LogP contribution >= 0.6 is 11.8 Å². The molecule has 13 heavy (non-hydrogen) atoms. The number of hydrogen-bond acceptors (Lipinski definition) is 2. The van der Waals surface area contributed by atoms with Gasteiger partial charge < -0.3 is 4.74 Å². The molecule has 0 aliphatic carbocycles. The molecule has 0 spiro atoms. The molecule has 1 nitrogen and oxygen atoms in total. The van der Waals surface area contributed by atoms with Crippen LogP contribution in [0.4, 0.5) is 0 Å². The Labute approximate surface area is 86.6 Å². The fourth-order valence-corrected chi connectivity index (χ4v) is 2.34.